The second kappa shape index (κ2) is 11.4. The van der Waals surface area contributed by atoms with Gasteiger partial charge in [0.05, 0.1) is 33.0 Å². The normalized spacial score (nSPS) is 21.4. The van der Waals surface area contributed by atoms with Gasteiger partial charge in [-0.15, -0.1) is 0 Å². The summed E-state index contributed by atoms with van der Waals surface area (Å²) in [6.45, 7) is 8.68. The number of likely N-dealkylation sites (N-methyl/N-ethyl adjacent to an activating group) is 2. The molecule has 1 atom stereocenters. The van der Waals surface area contributed by atoms with E-state index < -0.39 is 0 Å². The highest BCUT2D eigenvalue weighted by Crippen LogP contribution is 2.04. The van der Waals surface area contributed by atoms with Crippen molar-refractivity contribution in [1.82, 2.24) is 15.1 Å². The van der Waals surface area contributed by atoms with Gasteiger partial charge in [0.25, 0.3) is 0 Å². The van der Waals surface area contributed by atoms with Gasteiger partial charge >= 0.3 is 0 Å². The molecule has 0 aromatic carbocycles. The van der Waals surface area contributed by atoms with Crippen molar-refractivity contribution in [2.45, 2.75) is 6.04 Å². The summed E-state index contributed by atoms with van der Waals surface area (Å²) < 4.78 is 15.7. The predicted molar refractivity (Wildman–Crippen MR) is 80.3 cm³/mol. The Bertz CT molecular complexity index is 232. The fourth-order valence-corrected chi connectivity index (χ4v) is 2.20. The van der Waals surface area contributed by atoms with E-state index in [0.29, 0.717) is 32.5 Å². The third-order valence-electron chi connectivity index (χ3n) is 3.59. The summed E-state index contributed by atoms with van der Waals surface area (Å²) in [4.78, 5) is 4.82. The Balaban J connectivity index is 1.86. The van der Waals surface area contributed by atoms with Crippen LogP contribution in [0.2, 0.25) is 0 Å². The summed E-state index contributed by atoms with van der Waals surface area (Å²) >= 11 is 0. The fourth-order valence-electron chi connectivity index (χ4n) is 2.20. The van der Waals surface area contributed by atoms with Crippen molar-refractivity contribution in [3.05, 3.63) is 0 Å². The van der Waals surface area contributed by atoms with E-state index in [4.69, 9.17) is 14.2 Å². The van der Waals surface area contributed by atoms with E-state index in [2.05, 4.69) is 29.2 Å². The van der Waals surface area contributed by atoms with Gasteiger partial charge in [0, 0.05) is 45.9 Å². The molecule has 1 aliphatic rings. The highest BCUT2D eigenvalue weighted by molar-refractivity contribution is 4.79. The monoisotopic (exact) mass is 289 g/mol. The van der Waals surface area contributed by atoms with Crippen LogP contribution < -0.4 is 5.32 Å². The first-order valence-corrected chi connectivity index (χ1v) is 7.48. The molecule has 0 spiro atoms. The van der Waals surface area contributed by atoms with Crippen molar-refractivity contribution >= 4 is 0 Å². The molecule has 1 heterocycles. The van der Waals surface area contributed by atoms with Crippen LogP contribution in [0.25, 0.3) is 0 Å². The van der Waals surface area contributed by atoms with Crippen molar-refractivity contribution in [1.29, 1.82) is 0 Å². The van der Waals surface area contributed by atoms with E-state index in [1.807, 2.05) is 0 Å². The number of methoxy groups -OCH3 is 1. The number of hydrogen-bond acceptors (Lipinski definition) is 6. The Morgan fingerprint density at radius 1 is 1.00 bits per heavy atom. The number of rotatable bonds is 11. The Morgan fingerprint density at radius 2 is 1.70 bits per heavy atom. The zero-order chi connectivity index (χ0) is 14.6. The molecule has 0 radical (unpaired) electrons. The third-order valence-corrected chi connectivity index (χ3v) is 3.59. The zero-order valence-corrected chi connectivity index (χ0v) is 13.3. The van der Waals surface area contributed by atoms with Gasteiger partial charge < -0.3 is 24.4 Å². The van der Waals surface area contributed by atoms with Crippen molar-refractivity contribution in [3.8, 4) is 0 Å². The average Bonchev–Trinajstić information content (AvgIpc) is 2.44. The molecule has 1 N–H and O–H groups in total. The van der Waals surface area contributed by atoms with Gasteiger partial charge in [0.2, 0.25) is 0 Å². The molecule has 6 heteroatoms. The first-order valence-electron chi connectivity index (χ1n) is 7.48. The van der Waals surface area contributed by atoms with Crippen LogP contribution in [0.15, 0.2) is 0 Å². The van der Waals surface area contributed by atoms with Crippen LogP contribution in [-0.2, 0) is 14.2 Å². The summed E-state index contributed by atoms with van der Waals surface area (Å²) in [7, 11) is 6.06. The molecule has 0 bridgehead atoms. The lowest BCUT2D eigenvalue weighted by Crippen LogP contribution is -2.54. The van der Waals surface area contributed by atoms with E-state index in [1.165, 1.54) is 6.54 Å². The molecule has 0 amide bonds. The summed E-state index contributed by atoms with van der Waals surface area (Å²) in [5, 5.41) is 3.46. The molecule has 120 valence electrons. The lowest BCUT2D eigenvalue weighted by molar-refractivity contribution is 0.0251. The van der Waals surface area contributed by atoms with Crippen molar-refractivity contribution in [2.24, 2.45) is 0 Å². The van der Waals surface area contributed by atoms with Crippen molar-refractivity contribution in [3.63, 3.8) is 0 Å². The molecular weight excluding hydrogens is 258 g/mol. The molecule has 0 aliphatic carbocycles. The van der Waals surface area contributed by atoms with Crippen LogP contribution in [0, 0.1) is 0 Å². The number of hydrogen-bond donors (Lipinski definition) is 1. The number of nitrogens with one attached hydrogen (secondary N) is 1. The SMILES string of the molecule is COCCOCCOCCNCC1CN(C)CCN1C. The van der Waals surface area contributed by atoms with Gasteiger partial charge in [0.1, 0.15) is 0 Å². The van der Waals surface area contributed by atoms with E-state index in [-0.39, 0.29) is 0 Å². The summed E-state index contributed by atoms with van der Waals surface area (Å²) in [6, 6.07) is 0.603. The number of ether oxygens (including phenoxy) is 3. The maximum absolute atomic E-state index is 5.50. The van der Waals surface area contributed by atoms with Gasteiger partial charge in [-0.1, -0.05) is 0 Å². The van der Waals surface area contributed by atoms with Crippen molar-refractivity contribution < 1.29 is 14.2 Å². The van der Waals surface area contributed by atoms with E-state index in [0.717, 1.165) is 32.8 Å². The minimum atomic E-state index is 0.603. The van der Waals surface area contributed by atoms with E-state index in [1.54, 1.807) is 7.11 Å². The molecule has 0 aromatic heterocycles. The Labute approximate surface area is 123 Å². The quantitative estimate of drug-likeness (QED) is 0.518. The molecule has 1 fully saturated rings. The molecule has 20 heavy (non-hydrogen) atoms. The van der Waals surface area contributed by atoms with Crippen LogP contribution in [0.4, 0.5) is 0 Å². The molecule has 0 aromatic rings. The summed E-state index contributed by atoms with van der Waals surface area (Å²) in [6.07, 6.45) is 0. The number of nitrogens with zero attached hydrogens (tertiary/aromatic N) is 2. The molecule has 1 saturated heterocycles. The Morgan fingerprint density at radius 3 is 2.45 bits per heavy atom. The Hall–Kier alpha value is -0.240. The predicted octanol–water partition coefficient (Wildman–Crippen LogP) is -0.499. The van der Waals surface area contributed by atoms with Gasteiger partial charge in [-0.2, -0.15) is 0 Å². The lowest BCUT2D eigenvalue weighted by atomic mass is 10.2. The smallest absolute Gasteiger partial charge is 0.0701 e. The fraction of sp³-hybridized carbons (Fsp3) is 1.00. The first-order chi connectivity index (χ1) is 9.74. The van der Waals surface area contributed by atoms with Crippen LogP contribution in [-0.4, -0.2) is 103 Å². The minimum absolute atomic E-state index is 0.603. The maximum Gasteiger partial charge on any atom is 0.0701 e. The van der Waals surface area contributed by atoms with Crippen LogP contribution in [0.3, 0.4) is 0 Å². The molecule has 6 nitrogen and oxygen atoms in total. The molecule has 1 rings (SSSR count). The topological polar surface area (TPSA) is 46.2 Å². The zero-order valence-electron chi connectivity index (χ0n) is 13.3. The maximum atomic E-state index is 5.50. The third kappa shape index (κ3) is 8.14. The van der Waals surface area contributed by atoms with Crippen molar-refractivity contribution in [2.75, 3.05) is 87.0 Å². The van der Waals surface area contributed by atoms with Gasteiger partial charge in [0.15, 0.2) is 0 Å². The largest absolute Gasteiger partial charge is 0.382 e. The van der Waals surface area contributed by atoms with Crippen LogP contribution in [0.5, 0.6) is 0 Å². The number of piperazine rings is 1. The molecule has 1 aliphatic heterocycles. The lowest BCUT2D eigenvalue weighted by Gasteiger charge is -2.37. The van der Waals surface area contributed by atoms with Gasteiger partial charge in [-0.3, -0.25) is 4.90 Å². The molecule has 0 saturated carbocycles. The van der Waals surface area contributed by atoms with Gasteiger partial charge in [-0.25, -0.2) is 0 Å². The standard InChI is InChI=1S/C14H31N3O3/c1-16-5-6-17(2)14(13-16)12-15-4-7-19-10-11-20-9-8-18-3/h14-15H,4-13H2,1-3H3. The summed E-state index contributed by atoms with van der Waals surface area (Å²) in [5.74, 6) is 0. The first kappa shape index (κ1) is 17.8. The Kier molecular flexibility index (Phi) is 10.2. The molecule has 1 unspecified atom stereocenters. The van der Waals surface area contributed by atoms with Gasteiger partial charge in [-0.05, 0) is 14.1 Å². The van der Waals surface area contributed by atoms with Crippen LogP contribution >= 0.6 is 0 Å². The second-order valence-electron chi connectivity index (χ2n) is 5.32. The minimum Gasteiger partial charge on any atom is -0.382 e. The molecular formula is C14H31N3O3. The highest BCUT2D eigenvalue weighted by atomic mass is 16.5. The van der Waals surface area contributed by atoms with Crippen LogP contribution in [0.1, 0.15) is 0 Å². The average molecular weight is 289 g/mol. The second-order valence-corrected chi connectivity index (χ2v) is 5.32. The van der Waals surface area contributed by atoms with E-state index >= 15 is 0 Å². The van der Waals surface area contributed by atoms with E-state index in [9.17, 15) is 0 Å². The summed E-state index contributed by atoms with van der Waals surface area (Å²) in [5.41, 5.74) is 0. The highest BCUT2D eigenvalue weighted by Gasteiger charge is 2.21.